The zero-order chi connectivity index (χ0) is 28.0. The fourth-order valence-electron chi connectivity index (χ4n) is 5.41. The van der Waals surface area contributed by atoms with E-state index in [0.717, 1.165) is 17.6 Å². The third-order valence-corrected chi connectivity index (χ3v) is 10.6. The summed E-state index contributed by atoms with van der Waals surface area (Å²) in [4.78, 5) is 0. The van der Waals surface area contributed by atoms with Gasteiger partial charge in [0, 0.05) is 0 Å². The predicted octanol–water partition coefficient (Wildman–Crippen LogP) is 12.0. The van der Waals surface area contributed by atoms with Gasteiger partial charge in [0.05, 0.1) is 0 Å². The molecule has 0 atom stereocenters. The predicted molar refractivity (Wildman–Crippen MR) is 178 cm³/mol. The quantitative estimate of drug-likeness (QED) is 0.0454. The van der Waals surface area contributed by atoms with Gasteiger partial charge < -0.3 is 0 Å². The van der Waals surface area contributed by atoms with E-state index < -0.39 is 8.15 Å². The van der Waals surface area contributed by atoms with E-state index in [1.54, 1.807) is 0 Å². The molecule has 0 spiro atoms. The van der Waals surface area contributed by atoms with Gasteiger partial charge >= 0.3 is 205 Å². The summed E-state index contributed by atoms with van der Waals surface area (Å²) in [5.41, 5.74) is 0. The Morgan fingerprint density at radius 1 is 0.395 bits per heavy atom. The monoisotopic (exact) mass is 558 g/mol. The average molecular weight is 558 g/mol. The first-order valence-electron chi connectivity index (χ1n) is 17.8. The van der Waals surface area contributed by atoms with E-state index in [1.807, 2.05) is 0 Å². The molecule has 2 nitrogen and oxygen atoms in total. The molecule has 3 heteroatoms. The second-order valence-corrected chi connectivity index (χ2v) is 15.8. The van der Waals surface area contributed by atoms with E-state index in [2.05, 4.69) is 35.0 Å². The number of quaternary nitrogens is 1. The van der Waals surface area contributed by atoms with Crippen LogP contribution in [0.2, 0.25) is 0 Å². The Morgan fingerprint density at radius 3 is 0.921 bits per heavy atom. The molecule has 0 saturated carbocycles. The van der Waals surface area contributed by atoms with Crippen LogP contribution in [0.4, 0.5) is 0 Å². The van der Waals surface area contributed by atoms with Gasteiger partial charge in [-0.2, -0.15) is 0 Å². The normalized spacial score (nSPS) is 12.4. The summed E-state index contributed by atoms with van der Waals surface area (Å²) in [6, 6.07) is 0. The van der Waals surface area contributed by atoms with Crippen LogP contribution in [0.15, 0.2) is 0 Å². The SMILES string of the molecule is CCCCCCCCCCCCCCC[PH-](CCCCCCCCCCCCCCC)OCC[N+](C)(C)C. The van der Waals surface area contributed by atoms with E-state index in [4.69, 9.17) is 4.52 Å². The van der Waals surface area contributed by atoms with Gasteiger partial charge in [0.15, 0.2) is 0 Å². The van der Waals surface area contributed by atoms with Gasteiger partial charge in [0.1, 0.15) is 0 Å². The van der Waals surface area contributed by atoms with Gasteiger partial charge in [0.2, 0.25) is 0 Å². The van der Waals surface area contributed by atoms with Gasteiger partial charge in [-0.3, -0.25) is 0 Å². The summed E-state index contributed by atoms with van der Waals surface area (Å²) in [6.45, 7) is 6.73. The Balaban J connectivity index is 3.75. The zero-order valence-electron chi connectivity index (χ0n) is 27.6. The fourth-order valence-corrected chi connectivity index (χ4v) is 7.62. The first-order chi connectivity index (χ1) is 18.5. The van der Waals surface area contributed by atoms with Crippen molar-refractivity contribution in [2.75, 3.05) is 46.6 Å². The molecule has 0 N–H and O–H groups in total. The van der Waals surface area contributed by atoms with Gasteiger partial charge in [-0.05, 0) is 0 Å². The zero-order valence-corrected chi connectivity index (χ0v) is 28.6. The van der Waals surface area contributed by atoms with Crippen LogP contribution in [0.25, 0.3) is 0 Å². The van der Waals surface area contributed by atoms with Crippen LogP contribution in [0.3, 0.4) is 0 Å². The van der Waals surface area contributed by atoms with Crippen molar-refractivity contribution in [1.82, 2.24) is 0 Å². The van der Waals surface area contributed by atoms with Crippen molar-refractivity contribution in [1.29, 1.82) is 0 Å². The molecule has 232 valence electrons. The minimum atomic E-state index is -0.605. The molecule has 0 aromatic heterocycles. The van der Waals surface area contributed by atoms with Gasteiger partial charge in [-0.1, -0.05) is 39.5 Å². The van der Waals surface area contributed by atoms with Crippen LogP contribution in [0.5, 0.6) is 0 Å². The van der Waals surface area contributed by atoms with Crippen LogP contribution >= 0.6 is 8.15 Å². The number of rotatable bonds is 32. The van der Waals surface area contributed by atoms with Crippen molar-refractivity contribution >= 4 is 8.15 Å². The van der Waals surface area contributed by atoms with Crippen molar-refractivity contribution in [3.63, 3.8) is 0 Å². The Labute approximate surface area is 244 Å². The molecule has 0 saturated heterocycles. The van der Waals surface area contributed by atoms with E-state index >= 15 is 0 Å². The van der Waals surface area contributed by atoms with Crippen molar-refractivity contribution in [3.05, 3.63) is 0 Å². The molecule has 0 heterocycles. The summed E-state index contributed by atoms with van der Waals surface area (Å²) in [5.74, 6) is 0. The summed E-state index contributed by atoms with van der Waals surface area (Å²) < 4.78 is 7.54. The van der Waals surface area contributed by atoms with Crippen molar-refractivity contribution < 1.29 is 9.01 Å². The Kier molecular flexibility index (Phi) is 30.6. The van der Waals surface area contributed by atoms with E-state index in [-0.39, 0.29) is 0 Å². The number of hydrogen-bond acceptors (Lipinski definition) is 1. The molecule has 0 unspecified atom stereocenters. The molecule has 0 radical (unpaired) electrons. The summed E-state index contributed by atoms with van der Waals surface area (Å²) in [5, 5.41) is 0. The maximum atomic E-state index is 6.52. The molecule has 0 aliphatic carbocycles. The molecule has 0 aromatic rings. The maximum absolute atomic E-state index is 6.52. The number of likely N-dealkylation sites (N-methyl/N-ethyl adjacent to an activating group) is 1. The van der Waals surface area contributed by atoms with Crippen molar-refractivity contribution in [2.24, 2.45) is 0 Å². The first kappa shape index (κ1) is 38.4. The molecule has 0 aromatic carbocycles. The Hall–Kier alpha value is 0.350. The molecule has 0 aliphatic rings. The standard InChI is InChI=1S/C35H76NOP/c1-6-8-10-12-14-16-18-20-22-24-26-28-30-34-38(37-33-32-36(3,4)5)35-31-29-27-25-23-21-19-17-15-13-11-9-7-2/h38H,6-35H2,1-5H3. The molecule has 0 amide bonds. The van der Waals surface area contributed by atoms with Gasteiger partial charge in [-0.25, -0.2) is 0 Å². The summed E-state index contributed by atoms with van der Waals surface area (Å²) >= 11 is 0. The molecule has 0 bridgehead atoms. The molecule has 38 heavy (non-hydrogen) atoms. The first-order valence-corrected chi connectivity index (χ1v) is 19.6. The molecule has 0 rings (SSSR count). The molecule has 0 aliphatic heterocycles. The Morgan fingerprint density at radius 2 is 0.658 bits per heavy atom. The van der Waals surface area contributed by atoms with E-state index in [0.29, 0.717) is 0 Å². The number of hydrogen-bond donors (Lipinski definition) is 0. The van der Waals surface area contributed by atoms with Crippen molar-refractivity contribution in [3.8, 4) is 0 Å². The van der Waals surface area contributed by atoms with Gasteiger partial charge in [-0.15, -0.1) is 0 Å². The molecular weight excluding hydrogens is 481 g/mol. The fraction of sp³-hybridized carbons (Fsp3) is 1.00. The van der Waals surface area contributed by atoms with Crippen LogP contribution in [0.1, 0.15) is 181 Å². The van der Waals surface area contributed by atoms with Crippen LogP contribution < -0.4 is 0 Å². The summed E-state index contributed by atoms with van der Waals surface area (Å²) in [7, 11) is 6.25. The second kappa shape index (κ2) is 30.3. The van der Waals surface area contributed by atoms with Gasteiger partial charge in [0.25, 0.3) is 0 Å². The van der Waals surface area contributed by atoms with Crippen LogP contribution in [-0.4, -0.2) is 51.1 Å². The van der Waals surface area contributed by atoms with E-state index in [9.17, 15) is 0 Å². The molecule has 0 fully saturated rings. The minimum absolute atomic E-state index is 0.605. The van der Waals surface area contributed by atoms with E-state index in [1.165, 1.54) is 179 Å². The average Bonchev–Trinajstić information content (AvgIpc) is 2.88. The summed E-state index contributed by atoms with van der Waals surface area (Å²) in [6.07, 6.45) is 40.4. The van der Waals surface area contributed by atoms with Crippen molar-refractivity contribution in [2.45, 2.75) is 181 Å². The Bertz CT molecular complexity index is 406. The number of unbranched alkanes of at least 4 members (excludes halogenated alkanes) is 24. The van der Waals surface area contributed by atoms with Crippen LogP contribution in [-0.2, 0) is 4.52 Å². The topological polar surface area (TPSA) is 9.23 Å². The second-order valence-electron chi connectivity index (χ2n) is 13.4. The third kappa shape index (κ3) is 32.6. The van der Waals surface area contributed by atoms with Crippen LogP contribution in [0, 0.1) is 0 Å². The third-order valence-electron chi connectivity index (χ3n) is 8.19. The number of nitrogens with zero attached hydrogens (tertiary/aromatic N) is 1. The molecular formula is C35H76NOP.